The lowest BCUT2D eigenvalue weighted by Crippen LogP contribution is -2.23. The summed E-state index contributed by atoms with van der Waals surface area (Å²) in [6, 6.07) is 9.33. The topological polar surface area (TPSA) is 78.6 Å². The number of hydrogen-bond donors (Lipinski definition) is 0. The van der Waals surface area contributed by atoms with Crippen molar-refractivity contribution in [2.24, 2.45) is 11.8 Å². The molecule has 0 bridgehead atoms. The smallest absolute Gasteiger partial charge is 0.309 e. The zero-order chi connectivity index (χ0) is 19.8. The molecular formula is C21H27NO5. The van der Waals surface area contributed by atoms with Crippen LogP contribution in [0.4, 0.5) is 0 Å². The first-order chi connectivity index (χ1) is 12.9. The van der Waals surface area contributed by atoms with Crippen molar-refractivity contribution in [2.45, 2.75) is 40.0 Å². The van der Waals surface area contributed by atoms with Crippen LogP contribution in [-0.4, -0.2) is 30.6 Å². The lowest BCUT2D eigenvalue weighted by molar-refractivity contribution is -0.147. The highest BCUT2D eigenvalue weighted by Gasteiger charge is 2.25. The molecule has 146 valence electrons. The number of aryl methyl sites for hydroxylation is 1. The van der Waals surface area contributed by atoms with E-state index in [1.807, 2.05) is 38.1 Å². The van der Waals surface area contributed by atoms with Gasteiger partial charge in [0, 0.05) is 18.1 Å². The number of esters is 1. The Morgan fingerprint density at radius 2 is 1.89 bits per heavy atom. The molecule has 0 N–H and O–H groups in total. The summed E-state index contributed by atoms with van der Waals surface area (Å²) in [6.07, 6.45) is 2.10. The molecule has 0 aliphatic heterocycles. The van der Waals surface area contributed by atoms with Gasteiger partial charge in [-0.1, -0.05) is 38.1 Å². The van der Waals surface area contributed by atoms with Gasteiger partial charge >= 0.3 is 5.97 Å². The van der Waals surface area contributed by atoms with Crippen LogP contribution in [-0.2, 0) is 22.4 Å². The van der Waals surface area contributed by atoms with Gasteiger partial charge in [-0.05, 0) is 36.4 Å². The van der Waals surface area contributed by atoms with Crippen molar-refractivity contribution < 1.29 is 23.6 Å². The molecule has 1 atom stereocenters. The highest BCUT2D eigenvalue weighted by Crippen LogP contribution is 2.21. The Morgan fingerprint density at radius 1 is 1.19 bits per heavy atom. The third kappa shape index (κ3) is 6.24. The van der Waals surface area contributed by atoms with E-state index in [9.17, 15) is 9.59 Å². The van der Waals surface area contributed by atoms with Crippen LogP contribution in [0.5, 0.6) is 5.88 Å². The van der Waals surface area contributed by atoms with Crippen LogP contribution in [0.2, 0.25) is 0 Å². The Kier molecular flexibility index (Phi) is 7.58. The fourth-order valence-corrected chi connectivity index (χ4v) is 2.78. The van der Waals surface area contributed by atoms with E-state index in [2.05, 4.69) is 5.16 Å². The largest absolute Gasteiger partial charge is 0.475 e. The molecule has 0 saturated carbocycles. The maximum atomic E-state index is 11.8. The Labute approximate surface area is 159 Å². The highest BCUT2D eigenvalue weighted by molar-refractivity contribution is 5.94. The molecule has 0 spiro atoms. The number of methoxy groups -OCH3 is 1. The van der Waals surface area contributed by atoms with Gasteiger partial charge in [-0.3, -0.25) is 9.59 Å². The lowest BCUT2D eigenvalue weighted by atomic mass is 9.91. The zero-order valence-corrected chi connectivity index (χ0v) is 16.4. The molecule has 6 heteroatoms. The third-order valence-corrected chi connectivity index (χ3v) is 4.49. The maximum absolute atomic E-state index is 11.8. The molecule has 0 radical (unpaired) electrons. The summed E-state index contributed by atoms with van der Waals surface area (Å²) < 4.78 is 15.7. The molecule has 0 aliphatic carbocycles. The highest BCUT2D eigenvalue weighted by atomic mass is 16.5. The van der Waals surface area contributed by atoms with E-state index >= 15 is 0 Å². The molecular weight excluding hydrogens is 346 g/mol. The summed E-state index contributed by atoms with van der Waals surface area (Å²) in [7, 11) is 1.39. The van der Waals surface area contributed by atoms with Crippen LogP contribution in [0.25, 0.3) is 0 Å². The number of nitrogens with zero attached hydrogens (tertiary/aromatic N) is 1. The molecule has 2 rings (SSSR count). The number of ether oxygens (including phenoxy) is 2. The molecule has 0 amide bonds. The van der Waals surface area contributed by atoms with Crippen LogP contribution in [0, 0.1) is 11.8 Å². The van der Waals surface area contributed by atoms with Crippen LogP contribution in [0.15, 0.2) is 34.9 Å². The summed E-state index contributed by atoms with van der Waals surface area (Å²) in [4.78, 5) is 23.1. The second-order valence-electron chi connectivity index (χ2n) is 6.91. The second kappa shape index (κ2) is 9.90. The molecule has 0 fully saturated rings. The average molecular weight is 373 g/mol. The normalized spacial score (nSPS) is 12.0. The number of benzene rings is 1. The van der Waals surface area contributed by atoms with E-state index in [-0.39, 0.29) is 23.6 Å². The number of hydrogen-bond acceptors (Lipinski definition) is 6. The first kappa shape index (κ1) is 20.7. The number of rotatable bonds is 10. The molecule has 1 heterocycles. The molecule has 6 nitrogen and oxygen atoms in total. The van der Waals surface area contributed by atoms with Crippen molar-refractivity contribution in [3.63, 3.8) is 0 Å². The van der Waals surface area contributed by atoms with E-state index < -0.39 is 0 Å². The van der Waals surface area contributed by atoms with Gasteiger partial charge in [-0.25, -0.2) is 0 Å². The number of Topliss-reactive ketones (excluding diaryl/α,β-unsaturated/α-hetero) is 1. The van der Waals surface area contributed by atoms with Gasteiger partial charge in [0.1, 0.15) is 5.76 Å². The fraction of sp³-hybridized carbons (Fsp3) is 0.476. The van der Waals surface area contributed by atoms with Crippen LogP contribution in [0.1, 0.15) is 48.9 Å². The van der Waals surface area contributed by atoms with Crippen LogP contribution in [0.3, 0.4) is 0 Å². The molecule has 1 aromatic carbocycles. The molecule has 2 aromatic rings. The quantitative estimate of drug-likeness (QED) is 0.357. The minimum absolute atomic E-state index is 0.0682. The van der Waals surface area contributed by atoms with Crippen molar-refractivity contribution in [1.29, 1.82) is 0 Å². The van der Waals surface area contributed by atoms with Crippen molar-refractivity contribution in [1.82, 2.24) is 5.16 Å². The predicted molar refractivity (Wildman–Crippen MR) is 101 cm³/mol. The summed E-state index contributed by atoms with van der Waals surface area (Å²) in [6.45, 7) is 6.01. The van der Waals surface area contributed by atoms with Gasteiger partial charge in [-0.15, -0.1) is 0 Å². The van der Waals surface area contributed by atoms with E-state index in [4.69, 9.17) is 14.0 Å². The summed E-state index contributed by atoms with van der Waals surface area (Å²) >= 11 is 0. The number of carbonyl (C=O) groups excluding carboxylic acids is 2. The maximum Gasteiger partial charge on any atom is 0.309 e. The monoisotopic (exact) mass is 373 g/mol. The van der Waals surface area contributed by atoms with E-state index in [0.717, 1.165) is 24.0 Å². The molecule has 1 unspecified atom stereocenters. The van der Waals surface area contributed by atoms with E-state index in [0.29, 0.717) is 24.7 Å². The van der Waals surface area contributed by atoms with Gasteiger partial charge in [0.2, 0.25) is 0 Å². The molecule has 0 saturated heterocycles. The lowest BCUT2D eigenvalue weighted by Gasteiger charge is -2.16. The Balaban J connectivity index is 1.78. The number of aromatic nitrogens is 1. The predicted octanol–water partition coefficient (Wildman–Crippen LogP) is 3.88. The second-order valence-corrected chi connectivity index (χ2v) is 6.91. The molecule has 27 heavy (non-hydrogen) atoms. The minimum Gasteiger partial charge on any atom is -0.475 e. The van der Waals surface area contributed by atoms with Gasteiger partial charge in [0.25, 0.3) is 5.88 Å². The van der Waals surface area contributed by atoms with Crippen molar-refractivity contribution >= 4 is 11.8 Å². The number of ketones is 1. The summed E-state index contributed by atoms with van der Waals surface area (Å²) in [5.74, 6) is 0.714. The summed E-state index contributed by atoms with van der Waals surface area (Å²) in [5.41, 5.74) is 1.87. The SMILES string of the molecule is COC(=O)C(Cc1cc(OCCCc2ccc(C(C)=O)cc2)no1)C(C)C. The standard InChI is InChI=1S/C21H27NO5/c1-14(2)19(21(24)25-4)12-18-13-20(22-27-18)26-11-5-6-16-7-9-17(10-8-16)15(3)23/h7-10,13-14,19H,5-6,11-12H2,1-4H3. The van der Waals surface area contributed by atoms with E-state index in [1.54, 1.807) is 13.0 Å². The summed E-state index contributed by atoms with van der Waals surface area (Å²) in [5, 5.41) is 3.90. The van der Waals surface area contributed by atoms with Crippen molar-refractivity contribution in [3.05, 3.63) is 47.2 Å². The van der Waals surface area contributed by atoms with Crippen molar-refractivity contribution in [3.8, 4) is 5.88 Å². The first-order valence-electron chi connectivity index (χ1n) is 9.16. The molecule has 0 aliphatic rings. The van der Waals surface area contributed by atoms with E-state index in [1.165, 1.54) is 7.11 Å². The minimum atomic E-state index is -0.270. The Morgan fingerprint density at radius 3 is 2.48 bits per heavy atom. The fourth-order valence-electron chi connectivity index (χ4n) is 2.78. The average Bonchev–Trinajstić information content (AvgIpc) is 3.10. The Hall–Kier alpha value is -2.63. The Bertz CT molecular complexity index is 748. The molecule has 1 aromatic heterocycles. The van der Waals surface area contributed by atoms with Gasteiger partial charge < -0.3 is 14.0 Å². The van der Waals surface area contributed by atoms with Crippen LogP contribution >= 0.6 is 0 Å². The van der Waals surface area contributed by atoms with Gasteiger partial charge in [-0.2, -0.15) is 0 Å². The van der Waals surface area contributed by atoms with Gasteiger partial charge in [0.15, 0.2) is 5.78 Å². The first-order valence-corrected chi connectivity index (χ1v) is 9.16. The van der Waals surface area contributed by atoms with Gasteiger partial charge in [0.05, 0.1) is 19.6 Å². The zero-order valence-electron chi connectivity index (χ0n) is 16.4. The third-order valence-electron chi connectivity index (χ3n) is 4.49. The van der Waals surface area contributed by atoms with Crippen LogP contribution < -0.4 is 4.74 Å². The van der Waals surface area contributed by atoms with Crippen molar-refractivity contribution in [2.75, 3.05) is 13.7 Å². The number of carbonyl (C=O) groups is 2.